The van der Waals surface area contributed by atoms with E-state index in [1.807, 2.05) is 24.3 Å². The summed E-state index contributed by atoms with van der Waals surface area (Å²) < 4.78 is 13.0. The molecule has 3 aromatic rings. The van der Waals surface area contributed by atoms with Gasteiger partial charge in [-0.15, -0.1) is 0 Å². The second kappa shape index (κ2) is 7.07. The first-order chi connectivity index (χ1) is 12.7. The maximum absolute atomic E-state index is 13.0. The van der Waals surface area contributed by atoms with Gasteiger partial charge in [-0.2, -0.15) is 0 Å². The predicted octanol–water partition coefficient (Wildman–Crippen LogP) is 3.62. The Morgan fingerprint density at radius 2 is 1.88 bits per heavy atom. The van der Waals surface area contributed by atoms with E-state index in [0.29, 0.717) is 12.2 Å². The summed E-state index contributed by atoms with van der Waals surface area (Å²) >= 11 is 0. The highest BCUT2D eigenvalue weighted by Crippen LogP contribution is 2.24. The molecule has 1 aromatic heterocycles. The number of aromatic nitrogens is 2. The Kier molecular flexibility index (Phi) is 4.48. The molecule has 0 spiro atoms. The molecule has 1 N–H and O–H groups in total. The fourth-order valence-electron chi connectivity index (χ4n) is 3.28. The van der Waals surface area contributed by atoms with Crippen LogP contribution < -0.4 is 10.2 Å². The summed E-state index contributed by atoms with van der Waals surface area (Å²) in [6.07, 6.45) is 3.50. The standard InChI is InChI=1S/C20H19FN4O/c21-15-7-9-16(10-8-15)23-20(26)14-4-3-11-25(13-14)19-12-22-17-5-1-2-6-18(17)24-19/h1-2,5-10,12,14H,3-4,11,13H2,(H,23,26). The van der Waals surface area contributed by atoms with Gasteiger partial charge in [0.1, 0.15) is 11.6 Å². The van der Waals surface area contributed by atoms with Gasteiger partial charge >= 0.3 is 0 Å². The van der Waals surface area contributed by atoms with Gasteiger partial charge in [-0.25, -0.2) is 9.37 Å². The third kappa shape index (κ3) is 3.49. The van der Waals surface area contributed by atoms with Crippen molar-refractivity contribution in [3.8, 4) is 0 Å². The van der Waals surface area contributed by atoms with Crippen LogP contribution in [-0.2, 0) is 4.79 Å². The Morgan fingerprint density at radius 1 is 1.12 bits per heavy atom. The first-order valence-corrected chi connectivity index (χ1v) is 8.72. The average Bonchev–Trinajstić information content (AvgIpc) is 2.69. The Hall–Kier alpha value is -3.02. The Labute approximate surface area is 150 Å². The van der Waals surface area contributed by atoms with Gasteiger partial charge in [0, 0.05) is 18.8 Å². The zero-order chi connectivity index (χ0) is 17.9. The SMILES string of the molecule is O=C(Nc1ccc(F)cc1)C1CCCN(c2cnc3ccccc3n2)C1. The topological polar surface area (TPSA) is 58.1 Å². The smallest absolute Gasteiger partial charge is 0.229 e. The minimum Gasteiger partial charge on any atom is -0.355 e. The summed E-state index contributed by atoms with van der Waals surface area (Å²) in [5.74, 6) is 0.293. The molecule has 0 radical (unpaired) electrons. The first-order valence-electron chi connectivity index (χ1n) is 8.72. The Bertz CT molecular complexity index is 929. The van der Waals surface area contributed by atoms with Gasteiger partial charge in [0.25, 0.3) is 0 Å². The van der Waals surface area contributed by atoms with Crippen molar-refractivity contribution in [3.63, 3.8) is 0 Å². The number of hydrogen-bond acceptors (Lipinski definition) is 4. The van der Waals surface area contributed by atoms with Gasteiger partial charge in [0.15, 0.2) is 0 Å². The van der Waals surface area contributed by atoms with Crippen molar-refractivity contribution in [2.75, 3.05) is 23.3 Å². The summed E-state index contributed by atoms with van der Waals surface area (Å²) in [4.78, 5) is 23.8. The van der Waals surface area contributed by atoms with Gasteiger partial charge in [0.05, 0.1) is 23.1 Å². The van der Waals surface area contributed by atoms with Crippen LogP contribution in [0, 0.1) is 11.7 Å². The number of nitrogens with one attached hydrogen (secondary N) is 1. The van der Waals surface area contributed by atoms with Crippen molar-refractivity contribution < 1.29 is 9.18 Å². The number of para-hydroxylation sites is 2. The maximum atomic E-state index is 13.0. The number of fused-ring (bicyclic) bond motifs is 1. The van der Waals surface area contributed by atoms with Crippen LogP contribution in [0.15, 0.2) is 54.7 Å². The van der Waals surface area contributed by atoms with Crippen LogP contribution in [0.25, 0.3) is 11.0 Å². The molecular formula is C20H19FN4O. The number of benzene rings is 2. The van der Waals surface area contributed by atoms with Crippen LogP contribution >= 0.6 is 0 Å². The van der Waals surface area contributed by atoms with E-state index in [2.05, 4.69) is 20.2 Å². The summed E-state index contributed by atoms with van der Waals surface area (Å²) in [6, 6.07) is 13.6. The van der Waals surface area contributed by atoms with E-state index >= 15 is 0 Å². The number of carbonyl (C=O) groups is 1. The zero-order valence-electron chi connectivity index (χ0n) is 14.2. The number of halogens is 1. The quantitative estimate of drug-likeness (QED) is 0.784. The molecule has 5 nitrogen and oxygen atoms in total. The molecule has 1 amide bonds. The molecule has 0 saturated carbocycles. The third-order valence-electron chi connectivity index (χ3n) is 4.66. The second-order valence-electron chi connectivity index (χ2n) is 6.50. The number of carbonyl (C=O) groups excluding carboxylic acids is 1. The first kappa shape index (κ1) is 16.4. The number of anilines is 2. The number of hydrogen-bond donors (Lipinski definition) is 1. The lowest BCUT2D eigenvalue weighted by Gasteiger charge is -2.32. The molecule has 1 saturated heterocycles. The molecule has 1 aliphatic heterocycles. The molecule has 0 aliphatic carbocycles. The molecule has 0 bridgehead atoms. The predicted molar refractivity (Wildman–Crippen MR) is 99.5 cm³/mol. The van der Waals surface area contributed by atoms with Gasteiger partial charge in [-0.3, -0.25) is 9.78 Å². The number of piperidine rings is 1. The second-order valence-corrected chi connectivity index (χ2v) is 6.50. The molecule has 1 unspecified atom stereocenters. The molecule has 2 aromatic carbocycles. The largest absolute Gasteiger partial charge is 0.355 e. The van der Waals surface area contributed by atoms with E-state index in [1.54, 1.807) is 18.3 Å². The molecular weight excluding hydrogens is 331 g/mol. The van der Waals surface area contributed by atoms with Gasteiger partial charge in [-0.1, -0.05) is 12.1 Å². The van der Waals surface area contributed by atoms with Crippen LogP contribution in [0.2, 0.25) is 0 Å². The molecule has 6 heteroatoms. The monoisotopic (exact) mass is 350 g/mol. The Balaban J connectivity index is 1.47. The van der Waals surface area contributed by atoms with E-state index in [9.17, 15) is 9.18 Å². The van der Waals surface area contributed by atoms with Crippen molar-refractivity contribution in [1.82, 2.24) is 9.97 Å². The van der Waals surface area contributed by atoms with E-state index in [0.717, 1.165) is 36.2 Å². The van der Waals surface area contributed by atoms with Crippen molar-refractivity contribution in [1.29, 1.82) is 0 Å². The lowest BCUT2D eigenvalue weighted by Crippen LogP contribution is -2.41. The van der Waals surface area contributed by atoms with Gasteiger partial charge in [0.2, 0.25) is 5.91 Å². The van der Waals surface area contributed by atoms with Crippen LogP contribution in [0.3, 0.4) is 0 Å². The van der Waals surface area contributed by atoms with Crippen LogP contribution in [0.5, 0.6) is 0 Å². The van der Waals surface area contributed by atoms with E-state index in [-0.39, 0.29) is 17.6 Å². The summed E-state index contributed by atoms with van der Waals surface area (Å²) in [5.41, 5.74) is 2.32. The lowest BCUT2D eigenvalue weighted by molar-refractivity contribution is -0.120. The fraction of sp³-hybridized carbons (Fsp3) is 0.250. The van der Waals surface area contributed by atoms with Crippen molar-refractivity contribution in [3.05, 3.63) is 60.5 Å². The van der Waals surface area contributed by atoms with Crippen molar-refractivity contribution in [2.45, 2.75) is 12.8 Å². The fourth-order valence-corrected chi connectivity index (χ4v) is 3.28. The summed E-state index contributed by atoms with van der Waals surface area (Å²) in [7, 11) is 0. The maximum Gasteiger partial charge on any atom is 0.229 e. The van der Waals surface area contributed by atoms with Crippen molar-refractivity contribution in [2.24, 2.45) is 5.92 Å². The highest BCUT2D eigenvalue weighted by atomic mass is 19.1. The highest BCUT2D eigenvalue weighted by Gasteiger charge is 2.27. The normalized spacial score (nSPS) is 17.3. The van der Waals surface area contributed by atoms with Crippen LogP contribution in [0.1, 0.15) is 12.8 Å². The minimum atomic E-state index is -0.318. The Morgan fingerprint density at radius 3 is 2.69 bits per heavy atom. The van der Waals surface area contributed by atoms with E-state index in [4.69, 9.17) is 0 Å². The summed E-state index contributed by atoms with van der Waals surface area (Å²) in [6.45, 7) is 1.45. The third-order valence-corrected chi connectivity index (χ3v) is 4.66. The van der Waals surface area contributed by atoms with Gasteiger partial charge in [-0.05, 0) is 49.2 Å². The van der Waals surface area contributed by atoms with E-state index < -0.39 is 0 Å². The minimum absolute atomic E-state index is 0.0462. The molecule has 132 valence electrons. The molecule has 4 rings (SSSR count). The zero-order valence-corrected chi connectivity index (χ0v) is 14.2. The summed E-state index contributed by atoms with van der Waals surface area (Å²) in [5, 5.41) is 2.87. The lowest BCUT2D eigenvalue weighted by atomic mass is 9.97. The number of rotatable bonds is 3. The number of nitrogens with zero attached hydrogens (tertiary/aromatic N) is 3. The van der Waals surface area contributed by atoms with Crippen LogP contribution in [-0.4, -0.2) is 29.0 Å². The molecule has 2 heterocycles. The van der Waals surface area contributed by atoms with Gasteiger partial charge < -0.3 is 10.2 Å². The van der Waals surface area contributed by atoms with Crippen LogP contribution in [0.4, 0.5) is 15.9 Å². The van der Waals surface area contributed by atoms with Crippen molar-refractivity contribution >= 4 is 28.4 Å². The highest BCUT2D eigenvalue weighted by molar-refractivity contribution is 5.93. The molecule has 26 heavy (non-hydrogen) atoms. The molecule has 1 aliphatic rings. The number of amides is 1. The molecule has 1 fully saturated rings. The molecule has 1 atom stereocenters. The van der Waals surface area contributed by atoms with E-state index in [1.165, 1.54) is 12.1 Å². The average molecular weight is 350 g/mol.